The first-order chi connectivity index (χ1) is 10.3. The number of carbonyl (C=O) groups is 1. The van der Waals surface area contributed by atoms with Gasteiger partial charge >= 0.3 is 5.97 Å². The summed E-state index contributed by atoms with van der Waals surface area (Å²) in [6.07, 6.45) is 4.97. The van der Waals surface area contributed by atoms with E-state index in [9.17, 15) is 4.79 Å². The van der Waals surface area contributed by atoms with Gasteiger partial charge in [-0.05, 0) is 42.2 Å². The van der Waals surface area contributed by atoms with Gasteiger partial charge in [0.2, 0.25) is 0 Å². The van der Waals surface area contributed by atoms with Crippen LogP contribution in [0.25, 0.3) is 0 Å². The van der Waals surface area contributed by atoms with Gasteiger partial charge in [0.25, 0.3) is 0 Å². The first-order valence-electron chi connectivity index (χ1n) is 6.86. The summed E-state index contributed by atoms with van der Waals surface area (Å²) in [6.45, 7) is 7.52. The van der Waals surface area contributed by atoms with E-state index in [0.29, 0.717) is 17.7 Å². The van der Waals surface area contributed by atoms with Crippen molar-refractivity contribution in [2.45, 2.75) is 12.8 Å². The molecule has 0 aliphatic rings. The molecule has 0 saturated heterocycles. The van der Waals surface area contributed by atoms with Gasteiger partial charge in [0.15, 0.2) is 0 Å². The summed E-state index contributed by atoms with van der Waals surface area (Å²) in [5.41, 5.74) is 2.61. The minimum Gasteiger partial charge on any atom is -0.423 e. The molecule has 2 rings (SSSR count). The summed E-state index contributed by atoms with van der Waals surface area (Å²) < 4.78 is 5.42. The lowest BCUT2D eigenvalue weighted by atomic mass is 9.96. The molecule has 0 amide bonds. The van der Waals surface area contributed by atoms with Crippen LogP contribution < -0.4 is 4.74 Å². The molecule has 2 aromatic carbocycles. The van der Waals surface area contributed by atoms with Crippen molar-refractivity contribution in [3.8, 4) is 5.75 Å². The van der Waals surface area contributed by atoms with Crippen molar-refractivity contribution in [3.63, 3.8) is 0 Å². The number of esters is 1. The van der Waals surface area contributed by atoms with Gasteiger partial charge in [-0.25, -0.2) is 4.79 Å². The molecule has 0 spiro atoms. The van der Waals surface area contributed by atoms with Crippen molar-refractivity contribution >= 4 is 5.97 Å². The van der Waals surface area contributed by atoms with Crippen LogP contribution in [-0.2, 0) is 12.8 Å². The third kappa shape index (κ3) is 3.69. The molecule has 0 aliphatic heterocycles. The monoisotopic (exact) mass is 278 g/mol. The molecule has 0 saturated carbocycles. The standard InChI is InChI=1S/C19H18O2/c1-3-9-15-11-8-14-18(17(15)10-4-2)19(20)21-16-12-6-5-7-13-16/h3-8,11-14H,1-2,9-10H2. The summed E-state index contributed by atoms with van der Waals surface area (Å²) in [5.74, 6) is 0.199. The highest BCUT2D eigenvalue weighted by atomic mass is 16.5. The fourth-order valence-corrected chi connectivity index (χ4v) is 2.21. The van der Waals surface area contributed by atoms with Gasteiger partial charge in [-0.1, -0.05) is 42.5 Å². The van der Waals surface area contributed by atoms with Crippen molar-refractivity contribution in [2.24, 2.45) is 0 Å². The predicted molar refractivity (Wildman–Crippen MR) is 85.6 cm³/mol. The summed E-state index contributed by atoms with van der Waals surface area (Å²) in [4.78, 5) is 12.4. The maximum absolute atomic E-state index is 12.4. The Labute approximate surface area is 125 Å². The summed E-state index contributed by atoms with van der Waals surface area (Å²) in [6, 6.07) is 14.7. The van der Waals surface area contributed by atoms with Crippen LogP contribution in [0, 0.1) is 0 Å². The van der Waals surface area contributed by atoms with Gasteiger partial charge < -0.3 is 4.74 Å². The third-order valence-electron chi connectivity index (χ3n) is 3.16. The van der Waals surface area contributed by atoms with E-state index < -0.39 is 0 Å². The molecule has 2 heteroatoms. The maximum Gasteiger partial charge on any atom is 0.343 e. The van der Waals surface area contributed by atoms with Gasteiger partial charge in [-0.3, -0.25) is 0 Å². The van der Waals surface area contributed by atoms with E-state index in [1.54, 1.807) is 24.3 Å². The Morgan fingerprint density at radius 1 is 0.952 bits per heavy atom. The smallest absolute Gasteiger partial charge is 0.343 e. The van der Waals surface area contributed by atoms with Crippen LogP contribution in [0.4, 0.5) is 0 Å². The normalized spacial score (nSPS) is 9.90. The number of hydrogen-bond donors (Lipinski definition) is 0. The molecular weight excluding hydrogens is 260 g/mol. The quantitative estimate of drug-likeness (QED) is 0.446. The SMILES string of the molecule is C=CCc1cccc(C(=O)Oc2ccccc2)c1CC=C. The van der Waals surface area contributed by atoms with Crippen molar-refractivity contribution in [2.75, 3.05) is 0 Å². The van der Waals surface area contributed by atoms with Crippen LogP contribution in [0.5, 0.6) is 5.75 Å². The molecule has 0 radical (unpaired) electrons. The second-order valence-electron chi connectivity index (χ2n) is 4.63. The van der Waals surface area contributed by atoms with Gasteiger partial charge in [-0.2, -0.15) is 0 Å². The summed E-state index contributed by atoms with van der Waals surface area (Å²) >= 11 is 0. The second kappa shape index (κ2) is 7.25. The van der Waals surface area contributed by atoms with Crippen LogP contribution in [0.1, 0.15) is 21.5 Å². The lowest BCUT2D eigenvalue weighted by Crippen LogP contribution is -2.12. The minimum atomic E-state index is -0.344. The van der Waals surface area contributed by atoms with Crippen LogP contribution in [0.2, 0.25) is 0 Å². The Balaban J connectivity index is 2.33. The number of para-hydroxylation sites is 1. The Morgan fingerprint density at radius 3 is 2.33 bits per heavy atom. The van der Waals surface area contributed by atoms with Crippen LogP contribution in [0.15, 0.2) is 73.8 Å². The molecule has 0 atom stereocenters. The van der Waals surface area contributed by atoms with Crippen LogP contribution in [0.3, 0.4) is 0 Å². The van der Waals surface area contributed by atoms with E-state index in [-0.39, 0.29) is 5.97 Å². The molecule has 0 unspecified atom stereocenters. The number of benzene rings is 2. The first-order valence-corrected chi connectivity index (χ1v) is 6.86. The average Bonchev–Trinajstić information content (AvgIpc) is 2.50. The van der Waals surface area contributed by atoms with E-state index in [1.165, 1.54) is 0 Å². The predicted octanol–water partition coefficient (Wildman–Crippen LogP) is 4.36. The maximum atomic E-state index is 12.4. The zero-order valence-electron chi connectivity index (χ0n) is 11.9. The van der Waals surface area contributed by atoms with Crippen molar-refractivity contribution in [1.82, 2.24) is 0 Å². The molecule has 0 N–H and O–H groups in total. The number of ether oxygens (including phenoxy) is 1. The van der Waals surface area contributed by atoms with Gasteiger partial charge in [-0.15, -0.1) is 13.2 Å². The summed E-state index contributed by atoms with van der Waals surface area (Å²) in [7, 11) is 0. The number of hydrogen-bond acceptors (Lipinski definition) is 2. The largest absolute Gasteiger partial charge is 0.423 e. The molecular formula is C19H18O2. The van der Waals surface area contributed by atoms with Crippen molar-refractivity contribution < 1.29 is 9.53 Å². The molecule has 106 valence electrons. The average molecular weight is 278 g/mol. The highest BCUT2D eigenvalue weighted by molar-refractivity contribution is 5.93. The molecule has 2 aromatic rings. The zero-order valence-corrected chi connectivity index (χ0v) is 11.9. The molecule has 0 aromatic heterocycles. The zero-order chi connectivity index (χ0) is 15.1. The number of allylic oxidation sites excluding steroid dienone is 2. The fraction of sp³-hybridized carbons (Fsp3) is 0.105. The lowest BCUT2D eigenvalue weighted by Gasteiger charge is -2.12. The topological polar surface area (TPSA) is 26.3 Å². The Kier molecular flexibility index (Phi) is 5.10. The minimum absolute atomic E-state index is 0.344. The summed E-state index contributed by atoms with van der Waals surface area (Å²) in [5, 5.41) is 0. The number of carbonyl (C=O) groups excluding carboxylic acids is 1. The van der Waals surface area contributed by atoms with Crippen LogP contribution >= 0.6 is 0 Å². The van der Waals surface area contributed by atoms with Crippen molar-refractivity contribution in [3.05, 3.63) is 90.5 Å². The van der Waals surface area contributed by atoms with Crippen molar-refractivity contribution in [1.29, 1.82) is 0 Å². The fourth-order valence-electron chi connectivity index (χ4n) is 2.21. The second-order valence-corrected chi connectivity index (χ2v) is 4.63. The third-order valence-corrected chi connectivity index (χ3v) is 3.16. The number of rotatable bonds is 6. The van der Waals surface area contributed by atoms with E-state index in [0.717, 1.165) is 17.5 Å². The molecule has 0 aliphatic carbocycles. The highest BCUT2D eigenvalue weighted by Gasteiger charge is 2.15. The van der Waals surface area contributed by atoms with E-state index in [2.05, 4.69) is 13.2 Å². The van der Waals surface area contributed by atoms with Gasteiger partial charge in [0, 0.05) is 0 Å². The molecule has 0 bridgehead atoms. The Bertz CT molecular complexity index is 642. The molecule has 21 heavy (non-hydrogen) atoms. The Hall–Kier alpha value is -2.61. The van der Waals surface area contributed by atoms with Gasteiger partial charge in [0.05, 0.1) is 5.56 Å². The van der Waals surface area contributed by atoms with E-state index in [1.807, 2.05) is 36.4 Å². The molecule has 2 nitrogen and oxygen atoms in total. The Morgan fingerprint density at radius 2 is 1.67 bits per heavy atom. The molecule has 0 fully saturated rings. The van der Waals surface area contributed by atoms with E-state index in [4.69, 9.17) is 4.74 Å². The molecule has 0 heterocycles. The van der Waals surface area contributed by atoms with E-state index >= 15 is 0 Å². The highest BCUT2D eigenvalue weighted by Crippen LogP contribution is 2.20. The van der Waals surface area contributed by atoms with Gasteiger partial charge in [0.1, 0.15) is 5.75 Å². The van der Waals surface area contributed by atoms with Crippen LogP contribution in [-0.4, -0.2) is 5.97 Å². The first kappa shape index (κ1) is 14.8. The lowest BCUT2D eigenvalue weighted by molar-refractivity contribution is 0.0733.